The van der Waals surface area contributed by atoms with Crippen molar-refractivity contribution >= 4 is 66.2 Å². The zero-order valence-corrected chi connectivity index (χ0v) is 32.3. The number of carboxylic acid groups (broad SMARTS) is 1. The van der Waals surface area contributed by atoms with Crippen LogP contribution in [0.2, 0.25) is 0 Å². The Morgan fingerprint density at radius 2 is 1.10 bits per heavy atom. The Hall–Kier alpha value is -6.89. The van der Waals surface area contributed by atoms with Crippen LogP contribution in [0.15, 0.2) is 138 Å². The largest absolute Gasteiger partial charge is 0.478 e. The van der Waals surface area contributed by atoms with Gasteiger partial charge < -0.3 is 19.3 Å². The fraction of sp³-hybridized carbons (Fsp3) is 0.130. The summed E-state index contributed by atoms with van der Waals surface area (Å²) >= 11 is 0. The predicted octanol–water partition coefficient (Wildman–Crippen LogP) is 9.31. The van der Waals surface area contributed by atoms with Crippen molar-refractivity contribution < 1.29 is 46.9 Å². The molecule has 0 radical (unpaired) electrons. The molecule has 0 aliphatic carbocycles. The number of nitrogens with zero attached hydrogens (tertiary/aromatic N) is 1. The molecule has 292 valence electrons. The molecule has 7 aromatic rings. The zero-order valence-electron chi connectivity index (χ0n) is 31.5. The second kappa shape index (κ2) is 16.7. The fourth-order valence-corrected chi connectivity index (χ4v) is 8.31. The highest BCUT2D eigenvalue weighted by Gasteiger charge is 2.27. The van der Waals surface area contributed by atoms with Crippen molar-refractivity contribution in [3.63, 3.8) is 0 Å². The Balaban J connectivity index is 1.23. The fourth-order valence-electron chi connectivity index (χ4n) is 6.68. The first-order valence-electron chi connectivity index (χ1n) is 18.6. The molecule has 0 aliphatic heterocycles. The summed E-state index contributed by atoms with van der Waals surface area (Å²) in [5.41, 5.74) is -0.296. The van der Waals surface area contributed by atoms with Gasteiger partial charge in [-0.05, 0) is 89.0 Å². The molecule has 7 rings (SSSR count). The molecule has 0 saturated heterocycles. The van der Waals surface area contributed by atoms with Crippen LogP contribution in [-0.4, -0.2) is 54.8 Å². The molecule has 0 saturated carbocycles. The number of esters is 3. The van der Waals surface area contributed by atoms with Gasteiger partial charge in [-0.25, -0.2) is 27.6 Å². The van der Waals surface area contributed by atoms with E-state index in [1.165, 1.54) is 58.9 Å². The van der Waals surface area contributed by atoms with Gasteiger partial charge in [0.25, 0.3) is 0 Å². The monoisotopic (exact) mass is 795 g/mol. The number of hydrogen-bond donors (Lipinski definition) is 1. The molecule has 0 heterocycles. The number of benzene rings is 7. The number of fused-ring (bicyclic) bond motifs is 3. The van der Waals surface area contributed by atoms with Gasteiger partial charge in [0.05, 0.1) is 16.0 Å². The second-order valence-electron chi connectivity index (χ2n) is 13.5. The van der Waals surface area contributed by atoms with Crippen LogP contribution in [0.3, 0.4) is 0 Å². The molecule has 7 aromatic carbocycles. The number of carbonyl (C=O) groups excluding carboxylic acids is 3. The molecule has 0 spiro atoms. The highest BCUT2D eigenvalue weighted by molar-refractivity contribution is 7.89. The minimum atomic E-state index is -3.79. The van der Waals surface area contributed by atoms with Crippen LogP contribution in [0, 0.1) is 0 Å². The molecule has 0 bridgehead atoms. The summed E-state index contributed by atoms with van der Waals surface area (Å²) < 4.78 is 45.7. The normalized spacial score (nSPS) is 11.5. The van der Waals surface area contributed by atoms with E-state index in [1.807, 2.05) is 13.8 Å². The summed E-state index contributed by atoms with van der Waals surface area (Å²) in [5.74, 6) is -4.19. The third-order valence-electron chi connectivity index (χ3n) is 9.51. The lowest BCUT2D eigenvalue weighted by Gasteiger charge is -2.21. The summed E-state index contributed by atoms with van der Waals surface area (Å²) in [7, 11) is -3.79. The summed E-state index contributed by atoms with van der Waals surface area (Å²) in [6.07, 6.45) is 1.29. The summed E-state index contributed by atoms with van der Waals surface area (Å²) in [6, 6.07) is 35.2. The lowest BCUT2D eigenvalue weighted by Crippen LogP contribution is -2.32. The molecule has 0 fully saturated rings. The van der Waals surface area contributed by atoms with Crippen molar-refractivity contribution in [2.45, 2.75) is 31.6 Å². The Labute approximate surface area is 334 Å². The van der Waals surface area contributed by atoms with Gasteiger partial charge in [0.15, 0.2) is 5.75 Å². The third kappa shape index (κ3) is 8.01. The summed E-state index contributed by atoms with van der Waals surface area (Å²) in [4.78, 5) is 53.8. The molecule has 0 aromatic heterocycles. The number of sulfonamides is 1. The van der Waals surface area contributed by atoms with E-state index in [-0.39, 0.29) is 44.4 Å². The van der Waals surface area contributed by atoms with Crippen LogP contribution in [0.1, 0.15) is 68.1 Å². The molecular weight excluding hydrogens is 759 g/mol. The number of ether oxygens (including phenoxy) is 3. The summed E-state index contributed by atoms with van der Waals surface area (Å²) in [5, 5.41) is 13.1. The van der Waals surface area contributed by atoms with Crippen molar-refractivity contribution in [1.82, 2.24) is 4.31 Å². The van der Waals surface area contributed by atoms with Gasteiger partial charge in [-0.2, -0.15) is 4.31 Å². The van der Waals surface area contributed by atoms with Gasteiger partial charge in [0, 0.05) is 23.9 Å². The first-order chi connectivity index (χ1) is 28.0. The second-order valence-corrected chi connectivity index (χ2v) is 15.4. The van der Waals surface area contributed by atoms with E-state index in [0.29, 0.717) is 58.2 Å². The highest BCUT2D eigenvalue weighted by atomic mass is 32.2. The quantitative estimate of drug-likeness (QED) is 0.0882. The van der Waals surface area contributed by atoms with E-state index in [4.69, 9.17) is 14.2 Å². The van der Waals surface area contributed by atoms with Gasteiger partial charge >= 0.3 is 23.9 Å². The van der Waals surface area contributed by atoms with Crippen LogP contribution in [0.25, 0.3) is 32.3 Å². The molecule has 58 heavy (non-hydrogen) atoms. The van der Waals surface area contributed by atoms with Gasteiger partial charge in [-0.3, -0.25) is 0 Å². The van der Waals surface area contributed by atoms with Crippen LogP contribution in [-0.2, 0) is 10.0 Å². The van der Waals surface area contributed by atoms with Crippen molar-refractivity contribution in [3.8, 4) is 17.2 Å². The molecule has 1 N–H and O–H groups in total. The molecule has 0 aliphatic rings. The van der Waals surface area contributed by atoms with Crippen LogP contribution >= 0.6 is 0 Å². The molecule has 12 heteroatoms. The van der Waals surface area contributed by atoms with Gasteiger partial charge in [-0.15, -0.1) is 0 Å². The number of rotatable bonds is 13. The molecule has 0 unspecified atom stereocenters. The lowest BCUT2D eigenvalue weighted by molar-refractivity contribution is 0.0676. The van der Waals surface area contributed by atoms with E-state index in [0.717, 1.165) is 0 Å². The first kappa shape index (κ1) is 39.3. The lowest BCUT2D eigenvalue weighted by atomic mass is 10.0. The van der Waals surface area contributed by atoms with Gasteiger partial charge in [0.1, 0.15) is 22.6 Å². The standard InChI is InChI=1S/C46H37NO10S/c1-3-23-47(24-4-2)58(53,54)35-20-17-30(18-21-35)44(50)55-41-27-32-13-6-5-12-31(32)26-39(41)46(52)57-42-37-16-10-7-11-29(37)19-22-38(42)45(51)56-40-28-34(43(48)49)25-33-14-8-9-15-36(33)40/h5-22,25-28H,3-4,23-24H2,1-2H3,(H,48,49). The smallest absolute Gasteiger partial charge is 0.347 e. The van der Waals surface area contributed by atoms with Crippen molar-refractivity contribution in [3.05, 3.63) is 156 Å². The topological polar surface area (TPSA) is 154 Å². The van der Waals surface area contributed by atoms with Crippen molar-refractivity contribution in [2.75, 3.05) is 13.1 Å². The Bertz CT molecular complexity index is 2850. The number of hydrogen-bond acceptors (Lipinski definition) is 9. The average molecular weight is 796 g/mol. The Kier molecular flexibility index (Phi) is 11.3. The summed E-state index contributed by atoms with van der Waals surface area (Å²) in [6.45, 7) is 4.52. The third-order valence-corrected chi connectivity index (χ3v) is 11.4. The minimum Gasteiger partial charge on any atom is -0.478 e. The number of carboxylic acids is 1. The van der Waals surface area contributed by atoms with E-state index < -0.39 is 33.9 Å². The average Bonchev–Trinajstić information content (AvgIpc) is 3.23. The van der Waals surface area contributed by atoms with Crippen molar-refractivity contribution in [1.29, 1.82) is 0 Å². The van der Waals surface area contributed by atoms with E-state index in [1.54, 1.807) is 78.9 Å². The van der Waals surface area contributed by atoms with Crippen molar-refractivity contribution in [2.24, 2.45) is 0 Å². The molecule has 0 amide bonds. The number of aromatic carboxylic acids is 1. The zero-order chi connectivity index (χ0) is 41.0. The molecule has 11 nitrogen and oxygen atoms in total. The SMILES string of the molecule is CCCN(CCC)S(=O)(=O)c1ccc(C(=O)Oc2cc3ccccc3cc2C(=O)Oc2c(C(=O)Oc3cc(C(=O)O)cc4ccccc34)ccc3ccccc23)cc1. The maximum absolute atomic E-state index is 14.3. The Morgan fingerprint density at radius 1 is 0.534 bits per heavy atom. The Morgan fingerprint density at radius 3 is 1.76 bits per heavy atom. The van der Waals surface area contributed by atoms with E-state index >= 15 is 0 Å². The van der Waals surface area contributed by atoms with Crippen LogP contribution in [0.5, 0.6) is 17.2 Å². The first-order valence-corrected chi connectivity index (χ1v) is 20.0. The highest BCUT2D eigenvalue weighted by Crippen LogP contribution is 2.35. The van der Waals surface area contributed by atoms with Crippen LogP contribution in [0.4, 0.5) is 0 Å². The molecular formula is C46H37NO10S. The maximum atomic E-state index is 14.3. The van der Waals surface area contributed by atoms with E-state index in [9.17, 15) is 32.7 Å². The van der Waals surface area contributed by atoms with Gasteiger partial charge in [0.2, 0.25) is 10.0 Å². The maximum Gasteiger partial charge on any atom is 0.347 e. The molecule has 0 atom stereocenters. The van der Waals surface area contributed by atoms with Gasteiger partial charge in [-0.1, -0.05) is 92.7 Å². The van der Waals surface area contributed by atoms with E-state index in [2.05, 4.69) is 0 Å². The predicted molar refractivity (Wildman–Crippen MR) is 219 cm³/mol. The minimum absolute atomic E-state index is 0.000426. The number of carbonyl (C=O) groups is 4. The van der Waals surface area contributed by atoms with Crippen LogP contribution < -0.4 is 14.2 Å².